The molecule has 0 bridgehead atoms. The van der Waals surface area contributed by atoms with E-state index in [2.05, 4.69) is 10.6 Å². The van der Waals surface area contributed by atoms with Gasteiger partial charge in [-0.1, -0.05) is 86.8 Å². The predicted octanol–water partition coefficient (Wildman–Crippen LogP) is 7.41. The largest absolute Gasteiger partial charge is 0.341 e. The average molecular weight is 563 g/mol. The van der Waals surface area contributed by atoms with E-state index in [0.29, 0.717) is 22.7 Å². The first-order valence-corrected chi connectivity index (χ1v) is 14.5. The van der Waals surface area contributed by atoms with Crippen molar-refractivity contribution < 1.29 is 14.0 Å². The molecule has 2 atom stereocenters. The molecule has 0 aromatic heterocycles. The maximum Gasteiger partial charge on any atom is 0.240 e. The van der Waals surface area contributed by atoms with Gasteiger partial charge in [-0.15, -0.1) is 0 Å². The number of anilines is 1. The molecule has 206 valence electrons. The van der Waals surface area contributed by atoms with Crippen molar-refractivity contribution in [2.75, 3.05) is 12.4 Å². The summed E-state index contributed by atoms with van der Waals surface area (Å²) < 4.78 is 15.3. The third-order valence-corrected chi connectivity index (χ3v) is 9.09. The van der Waals surface area contributed by atoms with Crippen molar-refractivity contribution in [2.45, 2.75) is 94.7 Å². The van der Waals surface area contributed by atoms with Gasteiger partial charge >= 0.3 is 0 Å². The van der Waals surface area contributed by atoms with Crippen LogP contribution in [0.4, 0.5) is 10.1 Å². The number of carbonyl (C=O) groups excluding carboxylic acids is 2. The van der Waals surface area contributed by atoms with Crippen LogP contribution in [0.15, 0.2) is 36.4 Å². The Morgan fingerprint density at radius 1 is 1.08 bits per heavy atom. The van der Waals surface area contributed by atoms with Crippen molar-refractivity contribution in [3.8, 4) is 0 Å². The molecule has 0 heterocycles. The van der Waals surface area contributed by atoms with E-state index in [4.69, 9.17) is 23.2 Å². The van der Waals surface area contributed by atoms with Crippen LogP contribution in [0.1, 0.15) is 88.2 Å². The molecule has 38 heavy (non-hydrogen) atoms. The van der Waals surface area contributed by atoms with Crippen molar-refractivity contribution in [3.63, 3.8) is 0 Å². The topological polar surface area (TPSA) is 61.4 Å². The van der Waals surface area contributed by atoms with Gasteiger partial charge in [-0.25, -0.2) is 4.39 Å². The molecule has 2 amide bonds. The average Bonchev–Trinajstić information content (AvgIpc) is 2.93. The Bertz CT molecular complexity index is 1130. The molecule has 0 radical (unpaired) electrons. The predicted molar refractivity (Wildman–Crippen MR) is 152 cm³/mol. The van der Waals surface area contributed by atoms with Gasteiger partial charge in [-0.2, -0.15) is 0 Å². The van der Waals surface area contributed by atoms with Crippen molar-refractivity contribution in [2.24, 2.45) is 0 Å². The van der Waals surface area contributed by atoms with E-state index >= 15 is 4.39 Å². The first-order chi connectivity index (χ1) is 18.3. The minimum absolute atomic E-state index is 0.0451. The maximum absolute atomic E-state index is 15.3. The lowest BCUT2D eigenvalue weighted by atomic mass is 9.74. The fourth-order valence-electron chi connectivity index (χ4n) is 6.38. The molecular formula is C30H38Cl2FN3O2. The van der Waals surface area contributed by atoms with Gasteiger partial charge in [0.1, 0.15) is 5.82 Å². The van der Waals surface area contributed by atoms with E-state index in [1.165, 1.54) is 12.5 Å². The number of amides is 2. The third kappa shape index (κ3) is 6.19. The van der Waals surface area contributed by atoms with Gasteiger partial charge in [0.25, 0.3) is 0 Å². The van der Waals surface area contributed by atoms with Crippen molar-refractivity contribution in [1.29, 1.82) is 0 Å². The summed E-state index contributed by atoms with van der Waals surface area (Å²) in [5.41, 5.74) is 1.33. The van der Waals surface area contributed by atoms with E-state index in [0.717, 1.165) is 63.4 Å². The molecule has 0 unspecified atom stereocenters. The molecule has 0 spiro atoms. The molecular weight excluding hydrogens is 524 g/mol. The van der Waals surface area contributed by atoms with Gasteiger partial charge < -0.3 is 10.2 Å². The molecule has 8 heteroatoms. The molecule has 2 fully saturated rings. The molecule has 2 aliphatic rings. The molecule has 2 N–H and O–H groups in total. The number of likely N-dealkylation sites (N-methyl/N-ethyl adjacent to an activating group) is 1. The lowest BCUT2D eigenvalue weighted by Crippen LogP contribution is -2.58. The van der Waals surface area contributed by atoms with Crippen molar-refractivity contribution >= 4 is 41.2 Å². The molecule has 0 aliphatic heterocycles. The fourth-order valence-corrected chi connectivity index (χ4v) is 6.74. The van der Waals surface area contributed by atoms with Crippen LogP contribution in [-0.2, 0) is 15.1 Å². The number of rotatable bonds is 9. The zero-order chi connectivity index (χ0) is 27.3. The zero-order valence-corrected chi connectivity index (χ0v) is 23.8. The number of carbonyl (C=O) groups is 2. The first-order valence-electron chi connectivity index (χ1n) is 13.8. The molecule has 4 rings (SSSR count). The second-order valence-corrected chi connectivity index (χ2v) is 11.7. The standard InChI is InChI=1S/C30H38Cl2FN3O2/c1-20(23-12-9-13-25(32)27(23)33)28(29(38)36(2)22-10-5-3-6-11-22)35-30(16-7-4-8-17-30)24-15-14-21(31)18-26(24)34-19-37/h9,12-15,18-20,22,28,35H,3-8,10-11,16-17H2,1-2H3,(H,34,37)/t20-,28+/m0/s1. The Kier molecular flexibility index (Phi) is 9.72. The summed E-state index contributed by atoms with van der Waals surface area (Å²) in [6.07, 6.45) is 10.6. The molecule has 2 aromatic carbocycles. The Morgan fingerprint density at radius 2 is 1.76 bits per heavy atom. The summed E-state index contributed by atoms with van der Waals surface area (Å²) in [6, 6.07) is 9.93. The number of benzene rings is 2. The highest BCUT2D eigenvalue weighted by atomic mass is 35.5. The molecule has 2 saturated carbocycles. The van der Waals surface area contributed by atoms with Crippen LogP contribution in [0.25, 0.3) is 0 Å². The van der Waals surface area contributed by atoms with Crippen LogP contribution in [0.3, 0.4) is 0 Å². The lowest BCUT2D eigenvalue weighted by Gasteiger charge is -2.45. The van der Waals surface area contributed by atoms with Crippen LogP contribution < -0.4 is 10.6 Å². The Labute approximate surface area is 235 Å². The summed E-state index contributed by atoms with van der Waals surface area (Å²) in [6.45, 7) is 1.89. The van der Waals surface area contributed by atoms with Crippen molar-refractivity contribution in [1.82, 2.24) is 10.2 Å². The SMILES string of the molecule is C[C@@H](c1cccc(Cl)c1F)[C@@H](NC1(c2ccc(Cl)cc2NC=O)CCCCC1)C(=O)N(C)C1CCCCC1. The van der Waals surface area contributed by atoms with Crippen LogP contribution in [0.5, 0.6) is 0 Å². The normalized spacial score (nSPS) is 19.4. The monoisotopic (exact) mass is 561 g/mol. The number of hydrogen-bond donors (Lipinski definition) is 2. The number of halogens is 3. The zero-order valence-electron chi connectivity index (χ0n) is 22.2. The smallest absolute Gasteiger partial charge is 0.240 e. The van der Waals surface area contributed by atoms with Crippen LogP contribution in [-0.4, -0.2) is 36.3 Å². The van der Waals surface area contributed by atoms with Gasteiger partial charge in [0, 0.05) is 35.3 Å². The molecule has 2 aliphatic carbocycles. The molecule has 2 aromatic rings. The number of nitrogens with zero attached hydrogens (tertiary/aromatic N) is 1. The van der Waals surface area contributed by atoms with Crippen LogP contribution in [0.2, 0.25) is 10.0 Å². The van der Waals surface area contributed by atoms with E-state index in [-0.39, 0.29) is 17.0 Å². The van der Waals surface area contributed by atoms with Gasteiger partial charge in [0.05, 0.1) is 11.1 Å². The Hall–Kier alpha value is -2.15. The fraction of sp³-hybridized carbons (Fsp3) is 0.533. The van der Waals surface area contributed by atoms with E-state index in [9.17, 15) is 9.59 Å². The van der Waals surface area contributed by atoms with Gasteiger partial charge in [-0.05, 0) is 55.0 Å². The summed E-state index contributed by atoms with van der Waals surface area (Å²) >= 11 is 12.5. The summed E-state index contributed by atoms with van der Waals surface area (Å²) in [5, 5.41) is 7.15. The molecule has 0 saturated heterocycles. The van der Waals surface area contributed by atoms with E-state index in [1.54, 1.807) is 18.2 Å². The minimum Gasteiger partial charge on any atom is -0.341 e. The first kappa shape index (κ1) is 28.8. The summed E-state index contributed by atoms with van der Waals surface area (Å²) in [5.74, 6) is -1.03. The number of hydrogen-bond acceptors (Lipinski definition) is 3. The highest BCUT2D eigenvalue weighted by Gasteiger charge is 2.43. The highest BCUT2D eigenvalue weighted by molar-refractivity contribution is 6.31. The van der Waals surface area contributed by atoms with Crippen LogP contribution in [0, 0.1) is 5.82 Å². The third-order valence-electron chi connectivity index (χ3n) is 8.56. The van der Waals surface area contributed by atoms with Crippen LogP contribution >= 0.6 is 23.2 Å². The van der Waals surface area contributed by atoms with Gasteiger partial charge in [0.15, 0.2) is 0 Å². The van der Waals surface area contributed by atoms with E-state index in [1.807, 2.05) is 31.0 Å². The van der Waals surface area contributed by atoms with Crippen molar-refractivity contribution in [3.05, 3.63) is 63.4 Å². The Balaban J connectivity index is 1.78. The molecule has 5 nitrogen and oxygen atoms in total. The quantitative estimate of drug-likeness (QED) is 0.313. The minimum atomic E-state index is -0.701. The summed E-state index contributed by atoms with van der Waals surface area (Å²) in [7, 11) is 1.88. The maximum atomic E-state index is 15.3. The van der Waals surface area contributed by atoms with E-state index < -0.39 is 23.3 Å². The Morgan fingerprint density at radius 3 is 2.45 bits per heavy atom. The second kappa shape index (κ2) is 12.8. The summed E-state index contributed by atoms with van der Waals surface area (Å²) in [4.78, 5) is 27.6. The highest BCUT2D eigenvalue weighted by Crippen LogP contribution is 2.43. The number of nitrogens with one attached hydrogen (secondary N) is 2. The second-order valence-electron chi connectivity index (χ2n) is 10.9. The van der Waals surface area contributed by atoms with Gasteiger partial charge in [-0.3, -0.25) is 14.9 Å². The van der Waals surface area contributed by atoms with Gasteiger partial charge in [0.2, 0.25) is 12.3 Å². The lowest BCUT2D eigenvalue weighted by molar-refractivity contribution is -0.136.